The molecule has 1 amide bonds. The summed E-state index contributed by atoms with van der Waals surface area (Å²) in [5.74, 6) is -0.758. The summed E-state index contributed by atoms with van der Waals surface area (Å²) in [5, 5.41) is 3.10. The van der Waals surface area contributed by atoms with Gasteiger partial charge in [-0.15, -0.1) is 0 Å². The number of amides is 1. The number of hydrogen-bond acceptors (Lipinski definition) is 7. The van der Waals surface area contributed by atoms with Gasteiger partial charge < -0.3 is 21.8 Å². The van der Waals surface area contributed by atoms with Crippen molar-refractivity contribution in [2.45, 2.75) is 5.03 Å². The number of fused-ring (bicyclic) bond motifs is 1. The van der Waals surface area contributed by atoms with E-state index in [1.807, 2.05) is 0 Å². The van der Waals surface area contributed by atoms with E-state index in [2.05, 4.69) is 25.3 Å². The van der Waals surface area contributed by atoms with Crippen molar-refractivity contribution in [3.05, 3.63) is 30.3 Å². The number of nitrogens with two attached hydrogens (primary N) is 2. The zero-order valence-electron chi connectivity index (χ0n) is 11.7. The Balaban J connectivity index is 1.68. The second-order valence-corrected chi connectivity index (χ2v) is 5.53. The van der Waals surface area contributed by atoms with Crippen LogP contribution in [-0.4, -0.2) is 31.6 Å². The third kappa shape index (κ3) is 3.31. The van der Waals surface area contributed by atoms with Crippen LogP contribution >= 0.6 is 11.8 Å². The molecule has 0 unspecified atom stereocenters. The van der Waals surface area contributed by atoms with Crippen molar-refractivity contribution in [2.24, 2.45) is 0 Å². The molecule has 1 aromatic carbocycles. The van der Waals surface area contributed by atoms with Gasteiger partial charge in [0.25, 0.3) is 0 Å². The second-order valence-electron chi connectivity index (χ2n) is 4.56. The van der Waals surface area contributed by atoms with Gasteiger partial charge in [0.15, 0.2) is 5.65 Å². The van der Waals surface area contributed by atoms with Crippen LogP contribution in [0.4, 0.5) is 21.7 Å². The number of aromatic amines is 1. The van der Waals surface area contributed by atoms with Gasteiger partial charge in [-0.25, -0.2) is 14.4 Å². The molecule has 2 heterocycles. The SMILES string of the molecule is Nc1nc(SCC(=O)Nc2ccc(N)c(F)c2)c2[nH]cnc2n1. The summed E-state index contributed by atoms with van der Waals surface area (Å²) >= 11 is 1.17. The summed E-state index contributed by atoms with van der Waals surface area (Å²) in [5.41, 5.74) is 12.4. The van der Waals surface area contributed by atoms with E-state index >= 15 is 0 Å². The number of hydrogen-bond donors (Lipinski definition) is 4. The van der Waals surface area contributed by atoms with Crippen LogP contribution in [0.25, 0.3) is 11.2 Å². The van der Waals surface area contributed by atoms with E-state index in [9.17, 15) is 9.18 Å². The molecule has 0 fully saturated rings. The van der Waals surface area contributed by atoms with Crippen molar-refractivity contribution in [3.8, 4) is 0 Å². The molecular weight excluding hydrogens is 321 g/mol. The summed E-state index contributed by atoms with van der Waals surface area (Å²) in [6.07, 6.45) is 1.47. The molecule has 0 aliphatic carbocycles. The predicted molar refractivity (Wildman–Crippen MR) is 86.3 cm³/mol. The van der Waals surface area contributed by atoms with Crippen LogP contribution in [0.2, 0.25) is 0 Å². The summed E-state index contributed by atoms with van der Waals surface area (Å²) in [4.78, 5) is 26.9. The molecule has 0 saturated carbocycles. The maximum atomic E-state index is 13.3. The number of anilines is 3. The number of nitrogen functional groups attached to an aromatic ring is 2. The lowest BCUT2D eigenvalue weighted by molar-refractivity contribution is -0.113. The van der Waals surface area contributed by atoms with Gasteiger partial charge in [-0.1, -0.05) is 11.8 Å². The number of thioether (sulfide) groups is 1. The number of H-pyrrole nitrogens is 1. The normalized spacial score (nSPS) is 10.8. The van der Waals surface area contributed by atoms with Crippen molar-refractivity contribution in [1.82, 2.24) is 19.9 Å². The Morgan fingerprint density at radius 3 is 2.96 bits per heavy atom. The Morgan fingerprint density at radius 2 is 2.17 bits per heavy atom. The maximum absolute atomic E-state index is 13.3. The number of aromatic nitrogens is 4. The third-order valence-corrected chi connectivity index (χ3v) is 3.87. The first-order valence-corrected chi connectivity index (χ1v) is 7.46. The molecule has 0 radical (unpaired) electrons. The van der Waals surface area contributed by atoms with Gasteiger partial charge in [0.05, 0.1) is 17.8 Å². The zero-order chi connectivity index (χ0) is 16.4. The largest absolute Gasteiger partial charge is 0.396 e. The molecule has 0 atom stereocenters. The Kier molecular flexibility index (Phi) is 3.98. The smallest absolute Gasteiger partial charge is 0.234 e. The molecule has 0 aliphatic rings. The van der Waals surface area contributed by atoms with Crippen LogP contribution in [0.1, 0.15) is 0 Å². The number of benzene rings is 1. The molecule has 10 heteroatoms. The first-order chi connectivity index (χ1) is 11.0. The number of nitrogens with zero attached hydrogens (tertiary/aromatic N) is 3. The van der Waals surface area contributed by atoms with Crippen molar-refractivity contribution >= 4 is 46.2 Å². The third-order valence-electron chi connectivity index (χ3n) is 2.89. The van der Waals surface area contributed by atoms with Gasteiger partial charge in [-0.2, -0.15) is 4.98 Å². The summed E-state index contributed by atoms with van der Waals surface area (Å²) in [6, 6.07) is 4.07. The minimum atomic E-state index is -0.585. The van der Waals surface area contributed by atoms with Gasteiger partial charge in [-0.3, -0.25) is 4.79 Å². The van der Waals surface area contributed by atoms with E-state index < -0.39 is 5.82 Å². The van der Waals surface area contributed by atoms with E-state index in [1.54, 1.807) is 0 Å². The van der Waals surface area contributed by atoms with Crippen molar-refractivity contribution in [3.63, 3.8) is 0 Å². The average molecular weight is 333 g/mol. The minimum absolute atomic E-state index is 0.0236. The van der Waals surface area contributed by atoms with Crippen molar-refractivity contribution < 1.29 is 9.18 Å². The number of nitrogens with one attached hydrogen (secondary N) is 2. The van der Waals surface area contributed by atoms with E-state index in [0.717, 1.165) is 6.07 Å². The van der Waals surface area contributed by atoms with E-state index in [0.29, 0.717) is 21.9 Å². The molecule has 0 saturated heterocycles. The maximum Gasteiger partial charge on any atom is 0.234 e. The van der Waals surface area contributed by atoms with Crippen LogP contribution in [-0.2, 0) is 4.79 Å². The molecule has 3 rings (SSSR count). The average Bonchev–Trinajstić information content (AvgIpc) is 2.97. The molecule has 0 bridgehead atoms. The molecule has 118 valence electrons. The standard InChI is InChI=1S/C13H12FN7OS/c14-7-3-6(1-2-8(7)15)19-9(22)4-23-12-10-11(18-5-17-10)20-13(16)21-12/h1-3,5H,4,15H2,(H,19,22)(H3,16,17,18,20,21). The lowest BCUT2D eigenvalue weighted by Crippen LogP contribution is -2.14. The predicted octanol–water partition coefficient (Wildman–Crippen LogP) is 1.39. The first kappa shape index (κ1) is 15.0. The lowest BCUT2D eigenvalue weighted by atomic mass is 10.2. The Labute approximate surface area is 133 Å². The fourth-order valence-corrected chi connectivity index (χ4v) is 2.66. The summed E-state index contributed by atoms with van der Waals surface area (Å²) < 4.78 is 13.3. The topological polar surface area (TPSA) is 136 Å². The van der Waals surface area contributed by atoms with E-state index in [1.165, 1.54) is 30.2 Å². The quantitative estimate of drug-likeness (QED) is 0.322. The Morgan fingerprint density at radius 1 is 1.35 bits per heavy atom. The summed E-state index contributed by atoms with van der Waals surface area (Å²) in [7, 11) is 0. The Bertz CT molecular complexity index is 882. The monoisotopic (exact) mass is 333 g/mol. The highest BCUT2D eigenvalue weighted by atomic mass is 32.2. The highest BCUT2D eigenvalue weighted by Gasteiger charge is 2.12. The first-order valence-electron chi connectivity index (χ1n) is 6.47. The van der Waals surface area contributed by atoms with Crippen LogP contribution < -0.4 is 16.8 Å². The Hall–Kier alpha value is -2.88. The van der Waals surface area contributed by atoms with Crippen molar-refractivity contribution in [2.75, 3.05) is 22.5 Å². The van der Waals surface area contributed by atoms with Gasteiger partial charge in [0.2, 0.25) is 11.9 Å². The van der Waals surface area contributed by atoms with Crippen LogP contribution in [0, 0.1) is 5.82 Å². The zero-order valence-corrected chi connectivity index (χ0v) is 12.5. The summed E-state index contributed by atoms with van der Waals surface area (Å²) in [6.45, 7) is 0. The molecule has 6 N–H and O–H groups in total. The number of halogens is 1. The lowest BCUT2D eigenvalue weighted by Gasteiger charge is -2.06. The van der Waals surface area contributed by atoms with E-state index in [-0.39, 0.29) is 23.3 Å². The fraction of sp³-hybridized carbons (Fsp3) is 0.0769. The molecule has 8 nitrogen and oxygen atoms in total. The number of carbonyl (C=O) groups is 1. The molecule has 2 aromatic heterocycles. The highest BCUT2D eigenvalue weighted by Crippen LogP contribution is 2.24. The van der Waals surface area contributed by atoms with Gasteiger partial charge in [-0.05, 0) is 18.2 Å². The second kappa shape index (κ2) is 6.08. The van der Waals surface area contributed by atoms with Gasteiger partial charge >= 0.3 is 0 Å². The number of imidazole rings is 1. The van der Waals surface area contributed by atoms with Gasteiger partial charge in [0, 0.05) is 5.69 Å². The fourth-order valence-electron chi connectivity index (χ4n) is 1.86. The highest BCUT2D eigenvalue weighted by molar-refractivity contribution is 8.00. The molecule has 3 aromatic rings. The molecule has 23 heavy (non-hydrogen) atoms. The van der Waals surface area contributed by atoms with Gasteiger partial charge in [0.1, 0.15) is 16.4 Å². The molecule has 0 spiro atoms. The molecular formula is C13H12FN7OS. The number of rotatable bonds is 4. The van der Waals surface area contributed by atoms with Crippen LogP contribution in [0.15, 0.2) is 29.6 Å². The van der Waals surface area contributed by atoms with Crippen molar-refractivity contribution in [1.29, 1.82) is 0 Å². The van der Waals surface area contributed by atoms with Crippen LogP contribution in [0.3, 0.4) is 0 Å². The molecule has 0 aliphatic heterocycles. The van der Waals surface area contributed by atoms with E-state index in [4.69, 9.17) is 11.5 Å². The minimum Gasteiger partial charge on any atom is -0.396 e. The number of carbonyl (C=O) groups excluding carboxylic acids is 1. The van der Waals surface area contributed by atoms with Crippen LogP contribution in [0.5, 0.6) is 0 Å².